The van der Waals surface area contributed by atoms with Gasteiger partial charge in [0.05, 0.1) is 12.7 Å². The average Bonchev–Trinajstić information content (AvgIpc) is 2.90. The summed E-state index contributed by atoms with van der Waals surface area (Å²) in [7, 11) is 2.23. The van der Waals surface area contributed by atoms with Gasteiger partial charge in [-0.2, -0.15) is 0 Å². The minimum atomic E-state index is 0.293. The third-order valence-electron chi connectivity index (χ3n) is 4.30. The van der Waals surface area contributed by atoms with Crippen LogP contribution in [0.3, 0.4) is 0 Å². The standard InChI is InChI=1S/C15H30N2O2/c1-3-16-11-15(7-5-8-18-13-15)12-17(2)10-14-6-4-9-19-14/h14,16H,3-13H2,1-2H3. The number of nitrogens with zero attached hydrogens (tertiary/aromatic N) is 1. The minimum absolute atomic E-state index is 0.293. The first-order valence-corrected chi connectivity index (χ1v) is 7.83. The SMILES string of the molecule is CCNCC1(CN(C)CC2CCCO2)CCCOC1. The molecule has 0 amide bonds. The molecule has 4 heteroatoms. The Hall–Kier alpha value is -0.160. The zero-order valence-electron chi connectivity index (χ0n) is 12.6. The van der Waals surface area contributed by atoms with Gasteiger partial charge in [-0.15, -0.1) is 0 Å². The molecule has 0 aromatic heterocycles. The summed E-state index contributed by atoms with van der Waals surface area (Å²) in [4.78, 5) is 2.45. The van der Waals surface area contributed by atoms with Crippen molar-refractivity contribution in [2.45, 2.75) is 38.7 Å². The quantitative estimate of drug-likeness (QED) is 0.760. The van der Waals surface area contributed by atoms with Crippen molar-refractivity contribution in [3.05, 3.63) is 0 Å². The van der Waals surface area contributed by atoms with Crippen molar-refractivity contribution in [1.82, 2.24) is 10.2 Å². The highest BCUT2D eigenvalue weighted by molar-refractivity contribution is 4.87. The minimum Gasteiger partial charge on any atom is -0.381 e. The zero-order valence-corrected chi connectivity index (χ0v) is 12.6. The average molecular weight is 270 g/mol. The Morgan fingerprint density at radius 3 is 2.84 bits per heavy atom. The summed E-state index contributed by atoms with van der Waals surface area (Å²) in [6, 6.07) is 0. The van der Waals surface area contributed by atoms with Crippen molar-refractivity contribution in [2.75, 3.05) is 53.0 Å². The second-order valence-electron chi connectivity index (χ2n) is 6.27. The Labute approximate surface area is 117 Å². The van der Waals surface area contributed by atoms with Crippen LogP contribution in [0.25, 0.3) is 0 Å². The molecule has 0 bridgehead atoms. The van der Waals surface area contributed by atoms with Gasteiger partial charge in [0.25, 0.3) is 0 Å². The Morgan fingerprint density at radius 2 is 2.21 bits per heavy atom. The van der Waals surface area contributed by atoms with Crippen molar-refractivity contribution < 1.29 is 9.47 Å². The Bertz CT molecular complexity index is 249. The third kappa shape index (κ3) is 4.71. The van der Waals surface area contributed by atoms with Gasteiger partial charge < -0.3 is 19.7 Å². The lowest BCUT2D eigenvalue weighted by Gasteiger charge is -2.40. The topological polar surface area (TPSA) is 33.7 Å². The molecule has 1 N–H and O–H groups in total. The van der Waals surface area contributed by atoms with E-state index in [9.17, 15) is 0 Å². The molecule has 0 aliphatic carbocycles. The predicted molar refractivity (Wildman–Crippen MR) is 77.5 cm³/mol. The van der Waals surface area contributed by atoms with Crippen LogP contribution in [0.1, 0.15) is 32.6 Å². The molecule has 19 heavy (non-hydrogen) atoms. The molecule has 112 valence electrons. The molecule has 0 radical (unpaired) electrons. The molecule has 2 aliphatic heterocycles. The first kappa shape index (κ1) is 15.2. The molecule has 2 saturated heterocycles. The van der Waals surface area contributed by atoms with E-state index in [2.05, 4.69) is 24.2 Å². The van der Waals surface area contributed by atoms with Crippen LogP contribution in [0.5, 0.6) is 0 Å². The van der Waals surface area contributed by atoms with Crippen LogP contribution in [-0.4, -0.2) is 64.1 Å². The molecule has 0 spiro atoms. The van der Waals surface area contributed by atoms with E-state index < -0.39 is 0 Å². The molecule has 2 rings (SSSR count). The van der Waals surface area contributed by atoms with E-state index in [1.807, 2.05) is 0 Å². The lowest BCUT2D eigenvalue weighted by molar-refractivity contribution is -0.0286. The Kier molecular flexibility index (Phi) is 6.07. The molecule has 2 fully saturated rings. The van der Waals surface area contributed by atoms with Crippen LogP contribution < -0.4 is 5.32 Å². The molecule has 2 unspecified atom stereocenters. The first-order chi connectivity index (χ1) is 9.24. The van der Waals surface area contributed by atoms with E-state index in [0.29, 0.717) is 11.5 Å². The third-order valence-corrected chi connectivity index (χ3v) is 4.30. The molecular weight excluding hydrogens is 240 g/mol. The smallest absolute Gasteiger partial charge is 0.0702 e. The van der Waals surface area contributed by atoms with Crippen molar-refractivity contribution in [3.8, 4) is 0 Å². The number of nitrogens with one attached hydrogen (secondary N) is 1. The fraction of sp³-hybridized carbons (Fsp3) is 1.00. The van der Waals surface area contributed by atoms with Crippen LogP contribution in [0.2, 0.25) is 0 Å². The van der Waals surface area contributed by atoms with Gasteiger partial charge in [-0.3, -0.25) is 0 Å². The maximum Gasteiger partial charge on any atom is 0.0702 e. The molecule has 4 nitrogen and oxygen atoms in total. The second-order valence-corrected chi connectivity index (χ2v) is 6.27. The summed E-state index contributed by atoms with van der Waals surface area (Å²) in [5, 5.41) is 3.52. The molecule has 2 aliphatic rings. The predicted octanol–water partition coefficient (Wildman–Crippen LogP) is 1.50. The molecule has 2 atom stereocenters. The molecular formula is C15H30N2O2. The van der Waals surface area contributed by atoms with Gasteiger partial charge >= 0.3 is 0 Å². The van der Waals surface area contributed by atoms with Crippen LogP contribution in [0.15, 0.2) is 0 Å². The maximum atomic E-state index is 5.76. The van der Waals surface area contributed by atoms with Crippen molar-refractivity contribution in [1.29, 1.82) is 0 Å². The highest BCUT2D eigenvalue weighted by Crippen LogP contribution is 2.29. The summed E-state index contributed by atoms with van der Waals surface area (Å²) in [5.41, 5.74) is 0.293. The van der Waals surface area contributed by atoms with E-state index in [0.717, 1.165) is 46.0 Å². The van der Waals surface area contributed by atoms with Crippen LogP contribution >= 0.6 is 0 Å². The Morgan fingerprint density at radius 1 is 1.32 bits per heavy atom. The highest BCUT2D eigenvalue weighted by atomic mass is 16.5. The van der Waals surface area contributed by atoms with Gasteiger partial charge in [0, 0.05) is 38.3 Å². The number of likely N-dealkylation sites (N-methyl/N-ethyl adjacent to an activating group) is 1. The van der Waals surface area contributed by atoms with Crippen LogP contribution in [0.4, 0.5) is 0 Å². The fourth-order valence-electron chi connectivity index (χ4n) is 3.39. The van der Waals surface area contributed by atoms with Gasteiger partial charge in [-0.25, -0.2) is 0 Å². The zero-order chi connectivity index (χ0) is 13.6. The molecule has 2 heterocycles. The Balaban J connectivity index is 1.83. The van der Waals surface area contributed by atoms with Gasteiger partial charge in [-0.05, 0) is 39.3 Å². The lowest BCUT2D eigenvalue weighted by atomic mass is 9.81. The summed E-state index contributed by atoms with van der Waals surface area (Å²) < 4.78 is 11.5. The first-order valence-electron chi connectivity index (χ1n) is 7.83. The summed E-state index contributed by atoms with van der Waals surface area (Å²) in [6.07, 6.45) is 5.37. The summed E-state index contributed by atoms with van der Waals surface area (Å²) >= 11 is 0. The number of hydrogen-bond donors (Lipinski definition) is 1. The number of ether oxygens (including phenoxy) is 2. The van der Waals surface area contributed by atoms with Gasteiger partial charge in [0.15, 0.2) is 0 Å². The number of hydrogen-bond acceptors (Lipinski definition) is 4. The molecule has 0 aromatic carbocycles. The van der Waals surface area contributed by atoms with Gasteiger partial charge in [0.2, 0.25) is 0 Å². The monoisotopic (exact) mass is 270 g/mol. The van der Waals surface area contributed by atoms with Crippen molar-refractivity contribution >= 4 is 0 Å². The summed E-state index contributed by atoms with van der Waals surface area (Å²) in [6.45, 7) is 9.24. The van der Waals surface area contributed by atoms with Crippen LogP contribution in [0, 0.1) is 5.41 Å². The largest absolute Gasteiger partial charge is 0.381 e. The van der Waals surface area contributed by atoms with E-state index in [1.54, 1.807) is 0 Å². The fourth-order valence-corrected chi connectivity index (χ4v) is 3.39. The van der Waals surface area contributed by atoms with E-state index in [1.165, 1.54) is 25.7 Å². The molecule has 0 aromatic rings. The second kappa shape index (κ2) is 7.58. The van der Waals surface area contributed by atoms with Crippen LogP contribution in [-0.2, 0) is 9.47 Å². The number of rotatable bonds is 7. The lowest BCUT2D eigenvalue weighted by Crippen LogP contribution is -2.49. The highest BCUT2D eigenvalue weighted by Gasteiger charge is 2.34. The van der Waals surface area contributed by atoms with Gasteiger partial charge in [0.1, 0.15) is 0 Å². The summed E-state index contributed by atoms with van der Waals surface area (Å²) in [5.74, 6) is 0. The van der Waals surface area contributed by atoms with Crippen molar-refractivity contribution in [2.24, 2.45) is 5.41 Å². The normalized spacial score (nSPS) is 32.1. The van der Waals surface area contributed by atoms with E-state index in [-0.39, 0.29) is 0 Å². The van der Waals surface area contributed by atoms with Crippen molar-refractivity contribution in [3.63, 3.8) is 0 Å². The molecule has 0 saturated carbocycles. The van der Waals surface area contributed by atoms with E-state index in [4.69, 9.17) is 9.47 Å². The van der Waals surface area contributed by atoms with Gasteiger partial charge in [-0.1, -0.05) is 6.92 Å². The maximum absolute atomic E-state index is 5.76. The van der Waals surface area contributed by atoms with E-state index >= 15 is 0 Å².